The molecule has 0 saturated carbocycles. The Morgan fingerprint density at radius 2 is 1.64 bits per heavy atom. The summed E-state index contributed by atoms with van der Waals surface area (Å²) in [6.07, 6.45) is 2.53. The third-order valence-electron chi connectivity index (χ3n) is 3.54. The Hall–Kier alpha value is -2.07. The summed E-state index contributed by atoms with van der Waals surface area (Å²) >= 11 is 1.47. The Kier molecular flexibility index (Phi) is 9.00. The van der Waals surface area contributed by atoms with Crippen LogP contribution in [-0.2, 0) is 31.9 Å². The van der Waals surface area contributed by atoms with Gasteiger partial charge in [-0.15, -0.1) is 11.3 Å². The van der Waals surface area contributed by atoms with Crippen LogP contribution in [0.4, 0.5) is 5.00 Å². The van der Waals surface area contributed by atoms with Gasteiger partial charge in [0.05, 0.1) is 18.8 Å². The van der Waals surface area contributed by atoms with Crippen molar-refractivity contribution in [3.05, 3.63) is 16.0 Å². The van der Waals surface area contributed by atoms with E-state index in [-0.39, 0.29) is 26.3 Å². The Morgan fingerprint density at radius 3 is 2.04 bits per heavy atom. The van der Waals surface area contributed by atoms with E-state index in [1.807, 2.05) is 6.92 Å². The number of esters is 2. The SMILES string of the molecule is CCCc1c(CC)sc(N(CC(=O)OCC)CC(=O)OCC)c1C#N. The summed E-state index contributed by atoms with van der Waals surface area (Å²) in [6, 6.07) is 2.26. The van der Waals surface area contributed by atoms with Crippen LogP contribution < -0.4 is 4.90 Å². The molecule has 0 fully saturated rings. The van der Waals surface area contributed by atoms with Gasteiger partial charge in [0.15, 0.2) is 0 Å². The molecule has 0 aliphatic heterocycles. The lowest BCUT2D eigenvalue weighted by atomic mass is 10.0. The molecular weight excluding hydrogens is 340 g/mol. The number of hydrogen-bond donors (Lipinski definition) is 0. The first-order chi connectivity index (χ1) is 12.0. The van der Waals surface area contributed by atoms with E-state index in [0.717, 1.165) is 29.7 Å². The summed E-state index contributed by atoms with van der Waals surface area (Å²) in [4.78, 5) is 26.6. The second-order valence-electron chi connectivity index (χ2n) is 5.37. The molecule has 0 aromatic carbocycles. The van der Waals surface area contributed by atoms with Crippen LogP contribution in [0.15, 0.2) is 0 Å². The van der Waals surface area contributed by atoms with Crippen LogP contribution in [0.25, 0.3) is 0 Å². The second kappa shape index (κ2) is 10.7. The Morgan fingerprint density at radius 1 is 1.08 bits per heavy atom. The van der Waals surface area contributed by atoms with Crippen molar-refractivity contribution in [1.82, 2.24) is 0 Å². The molecule has 1 aromatic heterocycles. The highest BCUT2D eigenvalue weighted by atomic mass is 32.1. The van der Waals surface area contributed by atoms with E-state index >= 15 is 0 Å². The zero-order chi connectivity index (χ0) is 18.8. The topological polar surface area (TPSA) is 79.6 Å². The first-order valence-electron chi connectivity index (χ1n) is 8.62. The van der Waals surface area contributed by atoms with Crippen molar-refractivity contribution in [3.63, 3.8) is 0 Å². The molecule has 0 aliphatic carbocycles. The third kappa shape index (κ3) is 5.75. The zero-order valence-electron chi connectivity index (χ0n) is 15.4. The number of nitrogens with zero attached hydrogens (tertiary/aromatic N) is 2. The van der Waals surface area contributed by atoms with E-state index in [0.29, 0.717) is 10.6 Å². The number of anilines is 1. The van der Waals surface area contributed by atoms with E-state index in [1.165, 1.54) is 11.3 Å². The molecule has 0 saturated heterocycles. The Balaban J connectivity index is 3.25. The Labute approximate surface area is 153 Å². The molecule has 1 rings (SSSR count). The van der Waals surface area contributed by atoms with Gasteiger partial charge in [-0.25, -0.2) is 0 Å². The van der Waals surface area contributed by atoms with Crippen LogP contribution in [0.1, 0.15) is 50.1 Å². The first kappa shape index (κ1) is 21.0. The molecule has 0 spiro atoms. The van der Waals surface area contributed by atoms with Gasteiger partial charge in [-0.3, -0.25) is 9.59 Å². The highest BCUT2D eigenvalue weighted by Crippen LogP contribution is 2.37. The van der Waals surface area contributed by atoms with E-state index in [9.17, 15) is 14.9 Å². The minimum absolute atomic E-state index is 0.0867. The fourth-order valence-electron chi connectivity index (χ4n) is 2.56. The van der Waals surface area contributed by atoms with E-state index in [1.54, 1.807) is 18.7 Å². The highest BCUT2D eigenvalue weighted by Gasteiger charge is 2.25. The second-order valence-corrected chi connectivity index (χ2v) is 6.45. The van der Waals surface area contributed by atoms with Gasteiger partial charge in [-0.2, -0.15) is 5.26 Å². The molecule has 0 N–H and O–H groups in total. The van der Waals surface area contributed by atoms with Gasteiger partial charge in [-0.1, -0.05) is 20.3 Å². The van der Waals surface area contributed by atoms with Crippen molar-refractivity contribution in [1.29, 1.82) is 5.26 Å². The molecule has 0 amide bonds. The number of carbonyl (C=O) groups excluding carboxylic acids is 2. The van der Waals surface area contributed by atoms with Crippen LogP contribution >= 0.6 is 11.3 Å². The average Bonchev–Trinajstić information content (AvgIpc) is 2.92. The fourth-order valence-corrected chi connectivity index (χ4v) is 3.79. The molecule has 138 valence electrons. The lowest BCUT2D eigenvalue weighted by Gasteiger charge is -2.21. The van der Waals surface area contributed by atoms with Crippen LogP contribution in [0, 0.1) is 11.3 Å². The third-order valence-corrected chi connectivity index (χ3v) is 4.98. The molecule has 1 aromatic rings. The van der Waals surface area contributed by atoms with Gasteiger partial charge in [-0.05, 0) is 32.3 Å². The smallest absolute Gasteiger partial charge is 0.325 e. The maximum Gasteiger partial charge on any atom is 0.325 e. The van der Waals surface area contributed by atoms with Gasteiger partial charge >= 0.3 is 11.9 Å². The number of ether oxygens (including phenoxy) is 2. The first-order valence-corrected chi connectivity index (χ1v) is 9.44. The van der Waals surface area contributed by atoms with E-state index < -0.39 is 11.9 Å². The number of nitriles is 1. The zero-order valence-corrected chi connectivity index (χ0v) is 16.2. The summed E-state index contributed by atoms with van der Waals surface area (Å²) in [5, 5.41) is 10.3. The molecule has 0 bridgehead atoms. The van der Waals surface area contributed by atoms with Crippen molar-refractivity contribution >= 4 is 28.3 Å². The summed E-state index contributed by atoms with van der Waals surface area (Å²) in [5.74, 6) is -0.863. The van der Waals surface area contributed by atoms with Gasteiger partial charge in [0.2, 0.25) is 0 Å². The monoisotopic (exact) mass is 366 g/mol. The minimum Gasteiger partial charge on any atom is -0.465 e. The fraction of sp³-hybridized carbons (Fsp3) is 0.611. The summed E-state index contributed by atoms with van der Waals surface area (Å²) < 4.78 is 10.0. The number of rotatable bonds is 10. The number of carbonyl (C=O) groups is 2. The highest BCUT2D eigenvalue weighted by molar-refractivity contribution is 7.16. The molecule has 0 unspecified atom stereocenters. The van der Waals surface area contributed by atoms with Crippen molar-refractivity contribution in [2.24, 2.45) is 0 Å². The van der Waals surface area contributed by atoms with Crippen LogP contribution in [0.3, 0.4) is 0 Å². The van der Waals surface area contributed by atoms with E-state index in [2.05, 4.69) is 13.0 Å². The molecule has 0 aliphatic rings. The molecule has 0 radical (unpaired) electrons. The predicted molar refractivity (Wildman–Crippen MR) is 97.9 cm³/mol. The molecule has 6 nitrogen and oxygen atoms in total. The lowest BCUT2D eigenvalue weighted by molar-refractivity contribution is -0.142. The number of hydrogen-bond acceptors (Lipinski definition) is 7. The molecular formula is C18H26N2O4S. The standard InChI is InChI=1S/C18H26N2O4S/c1-5-9-13-14(10-19)18(25-15(13)6-2)20(11-16(21)23-7-3)12-17(22)24-8-4/h5-9,11-12H2,1-4H3. The van der Waals surface area contributed by atoms with Crippen LogP contribution in [0.5, 0.6) is 0 Å². The van der Waals surface area contributed by atoms with Crippen molar-refractivity contribution in [2.45, 2.75) is 47.0 Å². The Bertz CT molecular complexity index is 614. The van der Waals surface area contributed by atoms with Crippen molar-refractivity contribution < 1.29 is 19.1 Å². The quantitative estimate of drug-likeness (QED) is 0.592. The predicted octanol–water partition coefficient (Wildman–Crippen LogP) is 3.07. The van der Waals surface area contributed by atoms with Gasteiger partial charge < -0.3 is 14.4 Å². The van der Waals surface area contributed by atoms with E-state index in [4.69, 9.17) is 9.47 Å². The van der Waals surface area contributed by atoms with Gasteiger partial charge in [0.1, 0.15) is 24.2 Å². The average molecular weight is 366 g/mol. The molecule has 25 heavy (non-hydrogen) atoms. The van der Waals surface area contributed by atoms with Gasteiger partial charge in [0, 0.05) is 4.88 Å². The number of aryl methyl sites for hydroxylation is 1. The maximum atomic E-state index is 12.0. The summed E-state index contributed by atoms with van der Waals surface area (Å²) in [5.41, 5.74) is 1.57. The summed E-state index contributed by atoms with van der Waals surface area (Å²) in [7, 11) is 0. The number of thiophene rings is 1. The molecule has 0 atom stereocenters. The normalized spacial score (nSPS) is 10.2. The van der Waals surface area contributed by atoms with Crippen LogP contribution in [-0.4, -0.2) is 38.2 Å². The van der Waals surface area contributed by atoms with Gasteiger partial charge in [0.25, 0.3) is 0 Å². The minimum atomic E-state index is -0.431. The largest absolute Gasteiger partial charge is 0.465 e. The summed E-state index contributed by atoms with van der Waals surface area (Å²) in [6.45, 7) is 7.92. The maximum absolute atomic E-state index is 12.0. The molecule has 7 heteroatoms. The molecule has 1 heterocycles. The van der Waals surface area contributed by atoms with Crippen molar-refractivity contribution in [2.75, 3.05) is 31.2 Å². The lowest BCUT2D eigenvalue weighted by Crippen LogP contribution is -2.36. The van der Waals surface area contributed by atoms with Crippen LogP contribution in [0.2, 0.25) is 0 Å². The van der Waals surface area contributed by atoms with Crippen molar-refractivity contribution in [3.8, 4) is 6.07 Å².